The predicted molar refractivity (Wildman–Crippen MR) is 53.4 cm³/mol. The van der Waals surface area contributed by atoms with Crippen molar-refractivity contribution in [2.75, 3.05) is 5.32 Å². The average molecular weight is 189 g/mol. The third-order valence-electron chi connectivity index (χ3n) is 2.32. The van der Waals surface area contributed by atoms with E-state index in [1.807, 2.05) is 6.07 Å². The minimum atomic E-state index is -0.520. The van der Waals surface area contributed by atoms with Crippen LogP contribution in [-0.2, 0) is 11.2 Å². The van der Waals surface area contributed by atoms with Crippen molar-refractivity contribution in [3.05, 3.63) is 29.3 Å². The minimum absolute atomic E-state index is 0.419. The molecule has 1 aromatic rings. The number of amides is 1. The number of ketones is 1. The van der Waals surface area contributed by atoms with Crippen molar-refractivity contribution in [1.29, 1.82) is 0 Å². The fraction of sp³-hybridized carbons (Fsp3) is 0.273. The molecular weight excluding hydrogens is 178 g/mol. The number of fused-ring (bicyclic) bond motifs is 1. The highest BCUT2D eigenvalue weighted by Crippen LogP contribution is 2.24. The molecule has 72 valence electrons. The van der Waals surface area contributed by atoms with Crippen LogP contribution in [0.5, 0.6) is 0 Å². The number of hydrogen-bond acceptors (Lipinski definition) is 2. The topological polar surface area (TPSA) is 46.2 Å². The monoisotopic (exact) mass is 189 g/mol. The summed E-state index contributed by atoms with van der Waals surface area (Å²) in [4.78, 5) is 22.4. The Hall–Kier alpha value is -1.64. The summed E-state index contributed by atoms with van der Waals surface area (Å²) in [5.74, 6) is -0.938. The molecule has 0 radical (unpaired) electrons. The summed E-state index contributed by atoms with van der Waals surface area (Å²) < 4.78 is 0. The van der Waals surface area contributed by atoms with Crippen LogP contribution in [-0.4, -0.2) is 11.7 Å². The fourth-order valence-electron chi connectivity index (χ4n) is 1.63. The first-order chi connectivity index (χ1) is 6.72. The molecule has 1 heterocycles. The number of benzene rings is 1. The van der Waals surface area contributed by atoms with E-state index >= 15 is 0 Å². The lowest BCUT2D eigenvalue weighted by Gasteiger charge is -2.00. The van der Waals surface area contributed by atoms with E-state index in [9.17, 15) is 9.59 Å². The molecule has 0 aliphatic carbocycles. The Morgan fingerprint density at radius 1 is 1.29 bits per heavy atom. The molecule has 3 nitrogen and oxygen atoms in total. The normalized spacial score (nSPS) is 14.1. The van der Waals surface area contributed by atoms with Gasteiger partial charge in [0.05, 0.1) is 11.3 Å². The zero-order valence-corrected chi connectivity index (χ0v) is 7.96. The summed E-state index contributed by atoms with van der Waals surface area (Å²) in [5.41, 5.74) is 2.26. The molecule has 0 saturated carbocycles. The van der Waals surface area contributed by atoms with Gasteiger partial charge in [0, 0.05) is 0 Å². The molecule has 0 aromatic heterocycles. The van der Waals surface area contributed by atoms with Crippen LogP contribution < -0.4 is 5.32 Å². The molecule has 1 aromatic carbocycles. The number of Topliss-reactive ketones (excluding diaryl/α,β-unsaturated/α-hetero) is 1. The maximum atomic E-state index is 11.3. The van der Waals surface area contributed by atoms with Gasteiger partial charge < -0.3 is 5.32 Å². The van der Waals surface area contributed by atoms with Gasteiger partial charge in [-0.3, -0.25) is 9.59 Å². The average Bonchev–Trinajstić information content (AvgIpc) is 2.45. The summed E-state index contributed by atoms with van der Waals surface area (Å²) >= 11 is 0. The Kier molecular flexibility index (Phi) is 2.08. The number of aryl methyl sites for hydroxylation is 1. The van der Waals surface area contributed by atoms with Gasteiger partial charge in [-0.2, -0.15) is 0 Å². The largest absolute Gasteiger partial charge is 0.318 e. The second-order valence-corrected chi connectivity index (χ2v) is 3.41. The summed E-state index contributed by atoms with van der Waals surface area (Å²) in [5, 5.41) is 2.53. The summed E-state index contributed by atoms with van der Waals surface area (Å²) in [6.07, 6.45) is 1.98. The smallest absolute Gasteiger partial charge is 0.296 e. The Balaban J connectivity index is 2.41. The van der Waals surface area contributed by atoms with Gasteiger partial charge in [0.2, 0.25) is 0 Å². The Labute approximate surface area is 82.1 Å². The first-order valence-electron chi connectivity index (χ1n) is 4.71. The highest BCUT2D eigenvalue weighted by Gasteiger charge is 2.27. The van der Waals surface area contributed by atoms with Gasteiger partial charge in [0.1, 0.15) is 0 Å². The number of nitrogens with one attached hydrogen (secondary N) is 1. The van der Waals surface area contributed by atoms with Crippen LogP contribution >= 0.6 is 0 Å². The molecule has 0 bridgehead atoms. The lowest BCUT2D eigenvalue weighted by Crippen LogP contribution is -2.12. The highest BCUT2D eigenvalue weighted by molar-refractivity contribution is 6.51. The maximum Gasteiger partial charge on any atom is 0.296 e. The lowest BCUT2D eigenvalue weighted by molar-refractivity contribution is -0.112. The molecule has 0 saturated heterocycles. The van der Waals surface area contributed by atoms with Gasteiger partial charge in [-0.1, -0.05) is 19.4 Å². The number of hydrogen-bond donors (Lipinski definition) is 1. The Morgan fingerprint density at radius 3 is 2.79 bits per heavy atom. The van der Waals surface area contributed by atoms with Crippen LogP contribution in [0.4, 0.5) is 5.69 Å². The van der Waals surface area contributed by atoms with Gasteiger partial charge in [0.15, 0.2) is 0 Å². The van der Waals surface area contributed by atoms with E-state index in [0.29, 0.717) is 11.3 Å². The molecule has 0 spiro atoms. The van der Waals surface area contributed by atoms with Crippen molar-refractivity contribution in [3.63, 3.8) is 0 Å². The Morgan fingerprint density at radius 2 is 2.07 bits per heavy atom. The van der Waals surface area contributed by atoms with Gasteiger partial charge in [-0.15, -0.1) is 0 Å². The van der Waals surface area contributed by atoms with Gasteiger partial charge in [-0.05, 0) is 24.1 Å². The number of rotatable bonds is 2. The SMILES string of the molecule is CCCc1ccc2c(c1)C(=O)C(=O)N2. The molecule has 14 heavy (non-hydrogen) atoms. The predicted octanol–water partition coefficient (Wildman–Crippen LogP) is 1.77. The van der Waals surface area contributed by atoms with Crippen molar-refractivity contribution < 1.29 is 9.59 Å². The zero-order chi connectivity index (χ0) is 10.1. The molecule has 1 aliphatic rings. The molecule has 0 atom stereocenters. The van der Waals surface area contributed by atoms with E-state index < -0.39 is 11.7 Å². The second-order valence-electron chi connectivity index (χ2n) is 3.41. The Bertz CT molecular complexity index is 410. The fourth-order valence-corrected chi connectivity index (χ4v) is 1.63. The minimum Gasteiger partial charge on any atom is -0.318 e. The summed E-state index contributed by atoms with van der Waals surface area (Å²) in [7, 11) is 0. The quantitative estimate of drug-likeness (QED) is 0.721. The zero-order valence-electron chi connectivity index (χ0n) is 7.96. The van der Waals surface area contributed by atoms with Crippen LogP contribution in [0.1, 0.15) is 29.3 Å². The van der Waals surface area contributed by atoms with Gasteiger partial charge >= 0.3 is 0 Å². The molecule has 1 amide bonds. The van der Waals surface area contributed by atoms with Crippen LogP contribution in [0.2, 0.25) is 0 Å². The number of carbonyl (C=O) groups is 2. The first kappa shape index (κ1) is 8.94. The molecule has 0 unspecified atom stereocenters. The van der Waals surface area contributed by atoms with Crippen molar-refractivity contribution in [1.82, 2.24) is 0 Å². The number of anilines is 1. The van der Waals surface area contributed by atoms with E-state index in [4.69, 9.17) is 0 Å². The van der Waals surface area contributed by atoms with Crippen molar-refractivity contribution in [2.45, 2.75) is 19.8 Å². The molecular formula is C11H11NO2. The van der Waals surface area contributed by atoms with Crippen LogP contribution in [0.25, 0.3) is 0 Å². The summed E-state index contributed by atoms with van der Waals surface area (Å²) in [6.45, 7) is 2.08. The molecule has 1 N–H and O–H groups in total. The highest BCUT2D eigenvalue weighted by atomic mass is 16.2. The van der Waals surface area contributed by atoms with E-state index in [1.165, 1.54) is 0 Å². The van der Waals surface area contributed by atoms with Gasteiger partial charge in [0.25, 0.3) is 11.7 Å². The second kappa shape index (κ2) is 3.25. The standard InChI is InChI=1S/C11H11NO2/c1-2-3-7-4-5-9-8(6-7)10(13)11(14)12-9/h4-6H,2-3H2,1H3,(H,12,13,14). The van der Waals surface area contributed by atoms with E-state index in [1.54, 1.807) is 12.1 Å². The summed E-state index contributed by atoms with van der Waals surface area (Å²) in [6, 6.07) is 5.55. The molecule has 1 aliphatic heterocycles. The van der Waals surface area contributed by atoms with E-state index in [-0.39, 0.29) is 0 Å². The van der Waals surface area contributed by atoms with Crippen LogP contribution in [0, 0.1) is 0 Å². The number of carbonyl (C=O) groups excluding carboxylic acids is 2. The first-order valence-corrected chi connectivity index (χ1v) is 4.71. The van der Waals surface area contributed by atoms with Crippen LogP contribution in [0.15, 0.2) is 18.2 Å². The van der Waals surface area contributed by atoms with Crippen molar-refractivity contribution in [3.8, 4) is 0 Å². The van der Waals surface area contributed by atoms with E-state index in [0.717, 1.165) is 18.4 Å². The van der Waals surface area contributed by atoms with Gasteiger partial charge in [-0.25, -0.2) is 0 Å². The lowest BCUT2D eigenvalue weighted by atomic mass is 10.0. The third kappa shape index (κ3) is 1.31. The van der Waals surface area contributed by atoms with Crippen molar-refractivity contribution >= 4 is 17.4 Å². The van der Waals surface area contributed by atoms with Crippen molar-refractivity contribution in [2.24, 2.45) is 0 Å². The molecule has 2 rings (SSSR count). The maximum absolute atomic E-state index is 11.3. The van der Waals surface area contributed by atoms with E-state index in [2.05, 4.69) is 12.2 Å². The molecule has 3 heteroatoms. The third-order valence-corrected chi connectivity index (χ3v) is 2.32. The molecule has 0 fully saturated rings. The van der Waals surface area contributed by atoms with Crippen LogP contribution in [0.3, 0.4) is 0 Å².